The van der Waals surface area contributed by atoms with Crippen molar-refractivity contribution in [3.63, 3.8) is 0 Å². The summed E-state index contributed by atoms with van der Waals surface area (Å²) in [4.78, 5) is 8.81. The van der Waals surface area contributed by atoms with Crippen LogP contribution in [0.2, 0.25) is 0 Å². The van der Waals surface area contributed by atoms with Gasteiger partial charge in [0.05, 0.1) is 19.2 Å². The molecular formula is C16H25Cl2N5O2. The highest BCUT2D eigenvalue weighted by molar-refractivity contribution is 5.85. The van der Waals surface area contributed by atoms with Gasteiger partial charge in [-0.1, -0.05) is 35.5 Å². The lowest BCUT2D eigenvalue weighted by Gasteiger charge is -2.35. The third-order valence-corrected chi connectivity index (χ3v) is 4.13. The van der Waals surface area contributed by atoms with Gasteiger partial charge in [0.15, 0.2) is 5.82 Å². The van der Waals surface area contributed by atoms with E-state index in [2.05, 4.69) is 19.9 Å². The minimum atomic E-state index is -0.438. The number of nitrogens with two attached hydrogens (primary N) is 1. The van der Waals surface area contributed by atoms with Gasteiger partial charge in [-0.2, -0.15) is 4.98 Å². The van der Waals surface area contributed by atoms with Gasteiger partial charge < -0.3 is 15.4 Å². The van der Waals surface area contributed by atoms with Crippen molar-refractivity contribution in [3.8, 4) is 0 Å². The van der Waals surface area contributed by atoms with Crippen LogP contribution in [0.5, 0.6) is 0 Å². The summed E-state index contributed by atoms with van der Waals surface area (Å²) in [6.45, 7) is 5.31. The van der Waals surface area contributed by atoms with Crippen molar-refractivity contribution in [3.05, 3.63) is 47.6 Å². The Morgan fingerprint density at radius 3 is 2.32 bits per heavy atom. The van der Waals surface area contributed by atoms with E-state index in [1.807, 2.05) is 30.3 Å². The molecule has 3 N–H and O–H groups in total. The number of aliphatic hydroxyl groups excluding tert-OH is 1. The maximum Gasteiger partial charge on any atom is 0.240 e. The third kappa shape index (κ3) is 6.22. The highest BCUT2D eigenvalue weighted by atomic mass is 35.5. The molecule has 1 aliphatic heterocycles. The molecular weight excluding hydrogens is 365 g/mol. The van der Waals surface area contributed by atoms with Gasteiger partial charge >= 0.3 is 0 Å². The Hall–Kier alpha value is -1.22. The first kappa shape index (κ1) is 21.8. The quantitative estimate of drug-likeness (QED) is 0.766. The van der Waals surface area contributed by atoms with Gasteiger partial charge in [-0.25, -0.2) is 0 Å². The van der Waals surface area contributed by atoms with Crippen molar-refractivity contribution in [1.29, 1.82) is 0 Å². The Balaban J connectivity index is 0.00000156. The maximum absolute atomic E-state index is 10.3. The Morgan fingerprint density at radius 1 is 1.08 bits per heavy atom. The van der Waals surface area contributed by atoms with E-state index in [0.29, 0.717) is 24.8 Å². The number of hydrogen-bond acceptors (Lipinski definition) is 7. The van der Waals surface area contributed by atoms with Crippen LogP contribution in [-0.2, 0) is 13.1 Å². The number of rotatable bonds is 6. The molecule has 2 aromatic rings. The monoisotopic (exact) mass is 389 g/mol. The molecule has 2 heterocycles. The fourth-order valence-corrected chi connectivity index (χ4v) is 2.79. The van der Waals surface area contributed by atoms with E-state index in [9.17, 15) is 5.11 Å². The molecule has 9 heteroatoms. The molecule has 140 valence electrons. The molecule has 0 amide bonds. The van der Waals surface area contributed by atoms with Crippen LogP contribution in [0.1, 0.15) is 23.4 Å². The highest BCUT2D eigenvalue weighted by Gasteiger charge is 2.21. The molecule has 7 nitrogen and oxygen atoms in total. The topological polar surface area (TPSA) is 91.7 Å². The molecule has 0 radical (unpaired) electrons. The predicted octanol–water partition coefficient (Wildman–Crippen LogP) is 1.22. The minimum Gasteiger partial charge on any atom is -0.387 e. The molecule has 1 aromatic heterocycles. The van der Waals surface area contributed by atoms with E-state index in [4.69, 9.17) is 10.3 Å². The van der Waals surface area contributed by atoms with Crippen LogP contribution in [0, 0.1) is 0 Å². The predicted molar refractivity (Wildman–Crippen MR) is 99.8 cm³/mol. The zero-order chi connectivity index (χ0) is 16.1. The zero-order valence-electron chi connectivity index (χ0n) is 14.0. The van der Waals surface area contributed by atoms with Crippen molar-refractivity contribution in [2.75, 3.05) is 32.7 Å². The summed E-state index contributed by atoms with van der Waals surface area (Å²) < 4.78 is 5.02. The molecule has 0 bridgehead atoms. The van der Waals surface area contributed by atoms with E-state index < -0.39 is 6.10 Å². The molecule has 1 saturated heterocycles. The molecule has 25 heavy (non-hydrogen) atoms. The van der Waals surface area contributed by atoms with E-state index in [1.165, 1.54) is 0 Å². The summed E-state index contributed by atoms with van der Waals surface area (Å²) in [5, 5.41) is 14.2. The van der Waals surface area contributed by atoms with Gasteiger partial charge in [-0.05, 0) is 5.56 Å². The van der Waals surface area contributed by atoms with Crippen LogP contribution < -0.4 is 5.73 Å². The number of aliphatic hydroxyl groups is 1. The minimum absolute atomic E-state index is 0. The second-order valence-electron chi connectivity index (χ2n) is 5.81. The second-order valence-corrected chi connectivity index (χ2v) is 5.81. The Morgan fingerprint density at radius 2 is 1.72 bits per heavy atom. The summed E-state index contributed by atoms with van der Waals surface area (Å²) in [7, 11) is 0. The molecule has 1 unspecified atom stereocenters. The summed E-state index contributed by atoms with van der Waals surface area (Å²) in [5.41, 5.74) is 6.44. The first-order valence-electron chi connectivity index (χ1n) is 7.94. The van der Waals surface area contributed by atoms with E-state index in [-0.39, 0.29) is 31.4 Å². The fourth-order valence-electron chi connectivity index (χ4n) is 2.79. The van der Waals surface area contributed by atoms with Crippen LogP contribution in [0.25, 0.3) is 0 Å². The van der Waals surface area contributed by atoms with Gasteiger partial charge in [0.25, 0.3) is 0 Å². The fraction of sp³-hybridized carbons (Fsp3) is 0.500. The number of β-amino-alcohol motifs (C(OH)–C–C–N with tert-alkyl or cyclic N) is 1. The Kier molecular flexibility index (Phi) is 9.34. The largest absolute Gasteiger partial charge is 0.387 e. The SMILES string of the molecule is Cl.Cl.NCc1nc(CN2CCN(CC(O)c3ccccc3)CC2)no1. The van der Waals surface area contributed by atoms with Crippen LogP contribution in [-0.4, -0.2) is 57.8 Å². The molecule has 1 aromatic carbocycles. The molecule has 1 aliphatic rings. The van der Waals surface area contributed by atoms with Gasteiger partial charge in [0.2, 0.25) is 5.89 Å². The summed E-state index contributed by atoms with van der Waals surface area (Å²) >= 11 is 0. The average Bonchev–Trinajstić information content (AvgIpc) is 3.05. The lowest BCUT2D eigenvalue weighted by Crippen LogP contribution is -2.47. The smallest absolute Gasteiger partial charge is 0.240 e. The number of piperazine rings is 1. The van der Waals surface area contributed by atoms with Crippen LogP contribution >= 0.6 is 24.8 Å². The van der Waals surface area contributed by atoms with Gasteiger partial charge in [0, 0.05) is 32.7 Å². The lowest BCUT2D eigenvalue weighted by molar-refractivity contribution is 0.0690. The van der Waals surface area contributed by atoms with Crippen molar-refractivity contribution in [2.45, 2.75) is 19.2 Å². The number of hydrogen-bond donors (Lipinski definition) is 2. The number of benzene rings is 1. The van der Waals surface area contributed by atoms with Crippen molar-refractivity contribution in [2.24, 2.45) is 5.73 Å². The summed E-state index contributed by atoms with van der Waals surface area (Å²) in [5.74, 6) is 1.16. The van der Waals surface area contributed by atoms with Crippen LogP contribution in [0.3, 0.4) is 0 Å². The van der Waals surface area contributed by atoms with Crippen molar-refractivity contribution in [1.82, 2.24) is 19.9 Å². The molecule has 0 aliphatic carbocycles. The van der Waals surface area contributed by atoms with Crippen LogP contribution in [0.4, 0.5) is 0 Å². The first-order valence-corrected chi connectivity index (χ1v) is 7.94. The van der Waals surface area contributed by atoms with E-state index >= 15 is 0 Å². The summed E-state index contributed by atoms with van der Waals surface area (Å²) in [6.07, 6.45) is -0.438. The zero-order valence-corrected chi connectivity index (χ0v) is 15.6. The Labute approximate surface area is 160 Å². The van der Waals surface area contributed by atoms with Gasteiger partial charge in [-0.15, -0.1) is 24.8 Å². The standard InChI is InChI=1S/C16H23N5O2.2ClH/c17-10-16-18-15(19-23-16)12-21-8-6-20(7-9-21)11-14(22)13-4-2-1-3-5-13;;/h1-5,14,22H,6-12,17H2;2*1H. The maximum atomic E-state index is 10.3. The molecule has 0 saturated carbocycles. The summed E-state index contributed by atoms with van der Waals surface area (Å²) in [6, 6.07) is 9.80. The number of halogens is 2. The van der Waals surface area contributed by atoms with Gasteiger partial charge in [-0.3, -0.25) is 9.80 Å². The van der Waals surface area contributed by atoms with Crippen LogP contribution in [0.15, 0.2) is 34.9 Å². The van der Waals surface area contributed by atoms with E-state index in [0.717, 1.165) is 31.7 Å². The number of aromatic nitrogens is 2. The second kappa shape index (κ2) is 10.7. The van der Waals surface area contributed by atoms with Gasteiger partial charge in [0.1, 0.15) is 0 Å². The normalized spacial score (nSPS) is 16.7. The first-order chi connectivity index (χ1) is 11.2. The molecule has 0 spiro atoms. The lowest BCUT2D eigenvalue weighted by atomic mass is 10.1. The highest BCUT2D eigenvalue weighted by Crippen LogP contribution is 2.15. The van der Waals surface area contributed by atoms with Crippen molar-refractivity contribution >= 4 is 24.8 Å². The van der Waals surface area contributed by atoms with E-state index in [1.54, 1.807) is 0 Å². The number of nitrogens with zero attached hydrogens (tertiary/aromatic N) is 4. The molecule has 3 rings (SSSR count). The molecule has 1 fully saturated rings. The Bertz CT molecular complexity index is 606. The average molecular weight is 390 g/mol. The van der Waals surface area contributed by atoms with Crippen molar-refractivity contribution < 1.29 is 9.63 Å². The third-order valence-electron chi connectivity index (χ3n) is 4.13. The molecule has 1 atom stereocenters.